The number of fused-ring (bicyclic) bond motifs is 2. The minimum atomic E-state index is -0.0681. The molecule has 144 valence electrons. The van der Waals surface area contributed by atoms with Crippen molar-refractivity contribution >= 4 is 16.8 Å². The Bertz CT molecular complexity index is 1180. The first-order valence-corrected chi connectivity index (χ1v) is 9.81. The molecule has 0 saturated heterocycles. The van der Waals surface area contributed by atoms with Gasteiger partial charge in [0.15, 0.2) is 5.82 Å². The molecule has 1 atom stereocenters. The Labute approximate surface area is 168 Å². The van der Waals surface area contributed by atoms with Gasteiger partial charge in [0.25, 0.3) is 5.91 Å². The number of carbonyl (C=O) groups is 1. The molecule has 0 unspecified atom stereocenters. The molecular formula is C23H21N5O. The average molecular weight is 383 g/mol. The third-order valence-electron chi connectivity index (χ3n) is 5.40. The summed E-state index contributed by atoms with van der Waals surface area (Å²) in [6.07, 6.45) is 0.734. The summed E-state index contributed by atoms with van der Waals surface area (Å²) in [5.41, 5.74) is 2.50. The number of hydrogen-bond acceptors (Lipinski definition) is 4. The van der Waals surface area contributed by atoms with Crippen LogP contribution in [0.2, 0.25) is 0 Å². The van der Waals surface area contributed by atoms with Crippen molar-refractivity contribution in [1.82, 2.24) is 24.6 Å². The number of hydrogen-bond donors (Lipinski definition) is 0. The second-order valence-corrected chi connectivity index (χ2v) is 7.49. The quantitative estimate of drug-likeness (QED) is 0.542. The second-order valence-electron chi connectivity index (χ2n) is 7.49. The van der Waals surface area contributed by atoms with Crippen molar-refractivity contribution in [3.8, 4) is 0 Å². The topological polar surface area (TPSA) is 63.9 Å². The number of benzene rings is 2. The predicted octanol–water partition coefficient (Wildman–Crippen LogP) is 3.63. The van der Waals surface area contributed by atoms with Crippen LogP contribution in [-0.2, 0) is 13.0 Å². The Hall–Kier alpha value is -3.54. The van der Waals surface area contributed by atoms with Gasteiger partial charge in [-0.25, -0.2) is 4.98 Å². The SMILES string of the molecule is C[C@H]1CN(C(=O)c2ccc3ccccc3n2)Cc2nnc(Cc3ccccc3)n21. The fourth-order valence-corrected chi connectivity index (χ4v) is 4.01. The number of rotatable bonds is 3. The minimum Gasteiger partial charge on any atom is -0.328 e. The molecule has 0 spiro atoms. The van der Waals surface area contributed by atoms with E-state index >= 15 is 0 Å². The summed E-state index contributed by atoms with van der Waals surface area (Å²) < 4.78 is 2.17. The molecule has 1 amide bonds. The summed E-state index contributed by atoms with van der Waals surface area (Å²) in [6, 6.07) is 21.9. The average Bonchev–Trinajstić information content (AvgIpc) is 3.16. The molecule has 1 aliphatic heterocycles. The van der Waals surface area contributed by atoms with Gasteiger partial charge in [0.1, 0.15) is 11.5 Å². The van der Waals surface area contributed by atoms with Gasteiger partial charge in [-0.15, -0.1) is 10.2 Å². The van der Waals surface area contributed by atoms with E-state index in [1.807, 2.05) is 53.4 Å². The highest BCUT2D eigenvalue weighted by Crippen LogP contribution is 2.24. The summed E-state index contributed by atoms with van der Waals surface area (Å²) in [5, 5.41) is 9.82. The van der Waals surface area contributed by atoms with Gasteiger partial charge >= 0.3 is 0 Å². The van der Waals surface area contributed by atoms with Crippen LogP contribution < -0.4 is 0 Å². The van der Waals surface area contributed by atoms with E-state index in [-0.39, 0.29) is 11.9 Å². The maximum absolute atomic E-state index is 13.1. The van der Waals surface area contributed by atoms with Gasteiger partial charge in [0.05, 0.1) is 18.1 Å². The Balaban J connectivity index is 1.40. The molecule has 1 aliphatic rings. The standard InChI is InChI=1S/C23H21N5O/c1-16-14-27(23(29)20-12-11-18-9-5-6-10-19(18)24-20)15-22-26-25-21(28(16)22)13-17-7-3-2-4-8-17/h2-12,16H,13-15H2,1H3/t16-/m0/s1. The van der Waals surface area contributed by atoms with Gasteiger partial charge < -0.3 is 9.47 Å². The van der Waals surface area contributed by atoms with Crippen LogP contribution in [0.1, 0.15) is 40.7 Å². The lowest BCUT2D eigenvalue weighted by Crippen LogP contribution is -2.41. The van der Waals surface area contributed by atoms with Crippen molar-refractivity contribution in [2.75, 3.05) is 6.54 Å². The summed E-state index contributed by atoms with van der Waals surface area (Å²) in [5.74, 6) is 1.69. The fraction of sp³-hybridized carbons (Fsp3) is 0.217. The largest absolute Gasteiger partial charge is 0.328 e. The van der Waals surface area contributed by atoms with Crippen molar-refractivity contribution in [2.24, 2.45) is 0 Å². The maximum atomic E-state index is 13.1. The summed E-state index contributed by atoms with van der Waals surface area (Å²) >= 11 is 0. The van der Waals surface area contributed by atoms with Crippen LogP contribution in [0.5, 0.6) is 0 Å². The number of nitrogens with zero attached hydrogens (tertiary/aromatic N) is 5. The molecule has 0 aliphatic carbocycles. The van der Waals surface area contributed by atoms with Crippen molar-refractivity contribution in [3.05, 3.63) is 89.6 Å². The molecule has 4 aromatic rings. The number of carbonyl (C=O) groups excluding carboxylic acids is 1. The van der Waals surface area contributed by atoms with Gasteiger partial charge in [-0.2, -0.15) is 0 Å². The van der Waals surface area contributed by atoms with Crippen LogP contribution in [-0.4, -0.2) is 37.1 Å². The molecule has 0 fully saturated rings. The lowest BCUT2D eigenvalue weighted by Gasteiger charge is -2.32. The molecule has 6 nitrogen and oxygen atoms in total. The fourth-order valence-electron chi connectivity index (χ4n) is 4.01. The van der Waals surface area contributed by atoms with Gasteiger partial charge in [0, 0.05) is 18.4 Å². The number of para-hydroxylation sites is 1. The molecule has 3 heterocycles. The zero-order valence-electron chi connectivity index (χ0n) is 16.2. The van der Waals surface area contributed by atoms with Crippen LogP contribution in [0.25, 0.3) is 10.9 Å². The van der Waals surface area contributed by atoms with E-state index in [0.29, 0.717) is 18.8 Å². The lowest BCUT2D eigenvalue weighted by atomic mass is 10.1. The first-order valence-electron chi connectivity index (χ1n) is 9.81. The van der Waals surface area contributed by atoms with E-state index in [0.717, 1.165) is 29.0 Å². The second kappa shape index (κ2) is 7.13. The molecule has 0 radical (unpaired) electrons. The molecular weight excluding hydrogens is 362 g/mol. The zero-order chi connectivity index (χ0) is 19.8. The van der Waals surface area contributed by atoms with E-state index < -0.39 is 0 Å². The third-order valence-corrected chi connectivity index (χ3v) is 5.40. The third kappa shape index (κ3) is 3.27. The molecule has 29 heavy (non-hydrogen) atoms. The Kier molecular flexibility index (Phi) is 4.31. The van der Waals surface area contributed by atoms with Gasteiger partial charge in [0.2, 0.25) is 0 Å². The highest BCUT2D eigenvalue weighted by atomic mass is 16.2. The Morgan fingerprint density at radius 1 is 1.00 bits per heavy atom. The maximum Gasteiger partial charge on any atom is 0.272 e. The number of pyridine rings is 1. The van der Waals surface area contributed by atoms with E-state index in [2.05, 4.69) is 38.8 Å². The van der Waals surface area contributed by atoms with Crippen LogP contribution in [0.4, 0.5) is 0 Å². The van der Waals surface area contributed by atoms with E-state index in [4.69, 9.17) is 0 Å². The number of aromatic nitrogens is 4. The van der Waals surface area contributed by atoms with E-state index in [9.17, 15) is 4.79 Å². The van der Waals surface area contributed by atoms with Gasteiger partial charge in [-0.1, -0.05) is 54.6 Å². The van der Waals surface area contributed by atoms with Crippen LogP contribution in [0, 0.1) is 0 Å². The molecule has 0 N–H and O–H groups in total. The van der Waals surface area contributed by atoms with Gasteiger partial charge in [-0.3, -0.25) is 4.79 Å². The summed E-state index contributed by atoms with van der Waals surface area (Å²) in [7, 11) is 0. The van der Waals surface area contributed by atoms with Crippen molar-refractivity contribution in [3.63, 3.8) is 0 Å². The van der Waals surface area contributed by atoms with Gasteiger partial charge in [-0.05, 0) is 24.6 Å². The first-order chi connectivity index (χ1) is 14.2. The van der Waals surface area contributed by atoms with E-state index in [1.165, 1.54) is 5.56 Å². The van der Waals surface area contributed by atoms with Crippen LogP contribution in [0.3, 0.4) is 0 Å². The summed E-state index contributed by atoms with van der Waals surface area (Å²) in [6.45, 7) is 3.16. The number of amides is 1. The zero-order valence-corrected chi connectivity index (χ0v) is 16.2. The molecule has 0 saturated carbocycles. The van der Waals surface area contributed by atoms with Crippen molar-refractivity contribution in [2.45, 2.75) is 25.9 Å². The molecule has 5 rings (SSSR count). The molecule has 2 aromatic heterocycles. The predicted molar refractivity (Wildman–Crippen MR) is 110 cm³/mol. The first kappa shape index (κ1) is 17.6. The lowest BCUT2D eigenvalue weighted by molar-refractivity contribution is 0.0674. The normalized spacial score (nSPS) is 16.0. The van der Waals surface area contributed by atoms with E-state index in [1.54, 1.807) is 6.07 Å². The Morgan fingerprint density at radius 2 is 1.79 bits per heavy atom. The van der Waals surface area contributed by atoms with Crippen molar-refractivity contribution in [1.29, 1.82) is 0 Å². The summed E-state index contributed by atoms with van der Waals surface area (Å²) in [4.78, 5) is 19.5. The monoisotopic (exact) mass is 383 g/mol. The minimum absolute atomic E-state index is 0.0681. The van der Waals surface area contributed by atoms with Crippen LogP contribution in [0.15, 0.2) is 66.7 Å². The van der Waals surface area contributed by atoms with Crippen molar-refractivity contribution < 1.29 is 4.79 Å². The smallest absolute Gasteiger partial charge is 0.272 e. The highest BCUT2D eigenvalue weighted by Gasteiger charge is 2.30. The molecule has 6 heteroatoms. The molecule has 2 aromatic carbocycles. The molecule has 0 bridgehead atoms. The Morgan fingerprint density at radius 3 is 2.66 bits per heavy atom. The van der Waals surface area contributed by atoms with Crippen LogP contribution >= 0.6 is 0 Å². The highest BCUT2D eigenvalue weighted by molar-refractivity contribution is 5.95.